The summed E-state index contributed by atoms with van der Waals surface area (Å²) >= 11 is 6.26. The molecule has 3 rings (SSSR count). The van der Waals surface area contributed by atoms with Crippen LogP contribution in [0.15, 0.2) is 41.3 Å². The second-order valence-corrected chi connectivity index (χ2v) is 6.04. The third kappa shape index (κ3) is 2.55. The number of carbonyl (C=O) groups excluding carboxylic acids is 1. The van der Waals surface area contributed by atoms with Gasteiger partial charge in [-0.2, -0.15) is 0 Å². The van der Waals surface area contributed by atoms with Gasteiger partial charge in [-0.05, 0) is 40.6 Å². The summed E-state index contributed by atoms with van der Waals surface area (Å²) < 4.78 is 5.71. The minimum atomic E-state index is -0.130. The van der Waals surface area contributed by atoms with Gasteiger partial charge in [0.15, 0.2) is 0 Å². The summed E-state index contributed by atoms with van der Waals surface area (Å²) in [5, 5.41) is 4.82. The lowest BCUT2D eigenvalue weighted by Crippen LogP contribution is -2.17. The van der Waals surface area contributed by atoms with Crippen molar-refractivity contribution in [1.29, 1.82) is 0 Å². The highest BCUT2D eigenvalue weighted by molar-refractivity contribution is 8.26. The number of thiocarbonyl (C=S) groups is 1. The number of fused-ring (bicyclic) bond motifs is 1. The molecule has 0 unspecified atom stereocenters. The molecule has 1 aliphatic heterocycles. The summed E-state index contributed by atoms with van der Waals surface area (Å²) in [5.74, 6) is 0.703. The zero-order chi connectivity index (χ0) is 14.1. The molecular weight excluding hydrogens is 290 g/mol. The Hall–Kier alpha value is -1.85. The molecule has 0 spiro atoms. The Kier molecular flexibility index (Phi) is 3.46. The Morgan fingerprint density at radius 1 is 1.20 bits per heavy atom. The smallest absolute Gasteiger partial charge is 0.263 e. The summed E-state index contributed by atoms with van der Waals surface area (Å²) in [5.41, 5.74) is 0.977. The highest BCUT2D eigenvalue weighted by atomic mass is 32.2. The Labute approximate surface area is 126 Å². The van der Waals surface area contributed by atoms with Crippen molar-refractivity contribution in [3.8, 4) is 5.75 Å². The second kappa shape index (κ2) is 5.26. The van der Waals surface area contributed by atoms with Crippen molar-refractivity contribution in [2.45, 2.75) is 0 Å². The molecule has 1 saturated heterocycles. The van der Waals surface area contributed by atoms with Gasteiger partial charge in [0.05, 0.1) is 12.0 Å². The van der Waals surface area contributed by atoms with E-state index in [2.05, 4.69) is 5.32 Å². The number of benzene rings is 2. The van der Waals surface area contributed by atoms with Gasteiger partial charge in [-0.15, -0.1) is 0 Å². The summed E-state index contributed by atoms with van der Waals surface area (Å²) in [6, 6.07) is 11.9. The Balaban J connectivity index is 1.99. The van der Waals surface area contributed by atoms with Gasteiger partial charge < -0.3 is 10.1 Å². The number of amides is 1. The predicted molar refractivity (Wildman–Crippen MR) is 86.8 cm³/mol. The van der Waals surface area contributed by atoms with E-state index in [0.29, 0.717) is 9.23 Å². The van der Waals surface area contributed by atoms with Gasteiger partial charge in [0.2, 0.25) is 0 Å². The van der Waals surface area contributed by atoms with Crippen molar-refractivity contribution in [1.82, 2.24) is 5.32 Å². The highest BCUT2D eigenvalue weighted by Crippen LogP contribution is 2.27. The SMILES string of the molecule is COc1ccc2cc(C=C3SC(=S)NC3=O)ccc2c1. The number of carbonyl (C=O) groups is 1. The topological polar surface area (TPSA) is 38.3 Å². The molecule has 0 aliphatic carbocycles. The van der Waals surface area contributed by atoms with Gasteiger partial charge in [-0.25, -0.2) is 0 Å². The Morgan fingerprint density at radius 2 is 1.95 bits per heavy atom. The van der Waals surface area contributed by atoms with Crippen molar-refractivity contribution in [2.75, 3.05) is 7.11 Å². The van der Waals surface area contributed by atoms with Crippen molar-refractivity contribution in [2.24, 2.45) is 0 Å². The average molecular weight is 301 g/mol. The number of thioether (sulfide) groups is 1. The molecule has 2 aromatic rings. The monoisotopic (exact) mass is 301 g/mol. The van der Waals surface area contributed by atoms with Crippen LogP contribution in [0.1, 0.15) is 5.56 Å². The zero-order valence-corrected chi connectivity index (χ0v) is 12.3. The van der Waals surface area contributed by atoms with E-state index in [1.54, 1.807) is 7.11 Å². The molecule has 1 amide bonds. The average Bonchev–Trinajstić information content (AvgIpc) is 2.76. The third-order valence-corrected chi connectivity index (χ3v) is 4.17. The largest absolute Gasteiger partial charge is 0.497 e. The summed E-state index contributed by atoms with van der Waals surface area (Å²) in [6.07, 6.45) is 1.85. The van der Waals surface area contributed by atoms with Gasteiger partial charge in [0, 0.05) is 0 Å². The van der Waals surface area contributed by atoms with E-state index < -0.39 is 0 Å². The molecule has 1 aliphatic rings. The standard InChI is InChI=1S/C15H11NO2S2/c1-18-12-5-4-10-6-9(2-3-11(10)8-12)7-13-14(17)16-15(19)20-13/h2-8H,1H3,(H,16,17,19). The lowest BCUT2D eigenvalue weighted by atomic mass is 10.1. The number of methoxy groups -OCH3 is 1. The van der Waals surface area contributed by atoms with Crippen LogP contribution in [0.2, 0.25) is 0 Å². The van der Waals surface area contributed by atoms with Gasteiger partial charge in [0.25, 0.3) is 5.91 Å². The molecule has 20 heavy (non-hydrogen) atoms. The van der Waals surface area contributed by atoms with Crippen LogP contribution in [0.25, 0.3) is 16.8 Å². The van der Waals surface area contributed by atoms with E-state index in [9.17, 15) is 4.79 Å². The first-order valence-electron chi connectivity index (χ1n) is 5.98. The molecular formula is C15H11NO2S2. The molecule has 0 aromatic heterocycles. The van der Waals surface area contributed by atoms with Gasteiger partial charge in [-0.3, -0.25) is 4.79 Å². The Morgan fingerprint density at radius 3 is 2.65 bits per heavy atom. The number of ether oxygens (including phenoxy) is 1. The van der Waals surface area contributed by atoms with Gasteiger partial charge in [-0.1, -0.05) is 42.2 Å². The van der Waals surface area contributed by atoms with E-state index >= 15 is 0 Å². The molecule has 0 atom stereocenters. The van der Waals surface area contributed by atoms with Crippen LogP contribution >= 0.6 is 24.0 Å². The fraction of sp³-hybridized carbons (Fsp3) is 0.0667. The van der Waals surface area contributed by atoms with E-state index in [1.165, 1.54) is 11.8 Å². The van der Waals surface area contributed by atoms with Crippen LogP contribution in [0, 0.1) is 0 Å². The zero-order valence-electron chi connectivity index (χ0n) is 10.7. The molecule has 0 radical (unpaired) electrons. The minimum absolute atomic E-state index is 0.130. The van der Waals surface area contributed by atoms with Crippen LogP contribution < -0.4 is 10.1 Å². The molecule has 2 aromatic carbocycles. The van der Waals surface area contributed by atoms with Crippen LogP contribution in [-0.4, -0.2) is 17.3 Å². The van der Waals surface area contributed by atoms with Crippen LogP contribution in [0.3, 0.4) is 0 Å². The van der Waals surface area contributed by atoms with E-state index in [0.717, 1.165) is 22.1 Å². The summed E-state index contributed by atoms with van der Waals surface area (Å²) in [7, 11) is 1.65. The number of nitrogens with one attached hydrogen (secondary N) is 1. The fourth-order valence-corrected chi connectivity index (χ4v) is 3.08. The van der Waals surface area contributed by atoms with E-state index in [1.807, 2.05) is 42.5 Å². The molecule has 100 valence electrons. The quantitative estimate of drug-likeness (QED) is 0.682. The number of hydrogen-bond acceptors (Lipinski definition) is 4. The molecule has 0 saturated carbocycles. The van der Waals surface area contributed by atoms with Crippen molar-refractivity contribution < 1.29 is 9.53 Å². The van der Waals surface area contributed by atoms with Crippen LogP contribution in [-0.2, 0) is 4.79 Å². The number of hydrogen-bond donors (Lipinski definition) is 1. The molecule has 3 nitrogen and oxygen atoms in total. The highest BCUT2D eigenvalue weighted by Gasteiger charge is 2.21. The molecule has 1 N–H and O–H groups in total. The molecule has 5 heteroatoms. The first-order chi connectivity index (χ1) is 9.65. The first kappa shape index (κ1) is 13.1. The fourth-order valence-electron chi connectivity index (χ4n) is 2.03. The summed E-state index contributed by atoms with van der Waals surface area (Å²) in [6.45, 7) is 0. The molecule has 0 bridgehead atoms. The van der Waals surface area contributed by atoms with Crippen molar-refractivity contribution in [3.63, 3.8) is 0 Å². The van der Waals surface area contributed by atoms with Crippen molar-refractivity contribution >= 4 is 51.1 Å². The predicted octanol–water partition coefficient (Wildman–Crippen LogP) is 3.34. The maximum Gasteiger partial charge on any atom is 0.263 e. The van der Waals surface area contributed by atoms with Crippen LogP contribution in [0.4, 0.5) is 0 Å². The maximum atomic E-state index is 11.6. The Bertz CT molecular complexity index is 753. The molecule has 1 heterocycles. The lowest BCUT2D eigenvalue weighted by Gasteiger charge is -2.03. The normalized spacial score (nSPS) is 16.8. The van der Waals surface area contributed by atoms with Gasteiger partial charge >= 0.3 is 0 Å². The summed E-state index contributed by atoms with van der Waals surface area (Å²) in [4.78, 5) is 12.3. The van der Waals surface area contributed by atoms with Crippen molar-refractivity contribution in [3.05, 3.63) is 46.9 Å². The molecule has 1 fully saturated rings. The first-order valence-corrected chi connectivity index (χ1v) is 7.21. The van der Waals surface area contributed by atoms with Crippen LogP contribution in [0.5, 0.6) is 5.75 Å². The third-order valence-electron chi connectivity index (χ3n) is 3.01. The van der Waals surface area contributed by atoms with E-state index in [4.69, 9.17) is 17.0 Å². The van der Waals surface area contributed by atoms with E-state index in [-0.39, 0.29) is 5.91 Å². The van der Waals surface area contributed by atoms with Gasteiger partial charge in [0.1, 0.15) is 10.1 Å². The second-order valence-electron chi connectivity index (χ2n) is 4.32. The number of rotatable bonds is 2. The maximum absolute atomic E-state index is 11.6. The lowest BCUT2D eigenvalue weighted by molar-refractivity contribution is -0.115. The minimum Gasteiger partial charge on any atom is -0.497 e.